The van der Waals surface area contributed by atoms with Gasteiger partial charge in [0.2, 0.25) is 0 Å². The summed E-state index contributed by atoms with van der Waals surface area (Å²) >= 11 is 0. The topological polar surface area (TPSA) is 12.5 Å². The number of hydrogen-bond donors (Lipinski definition) is 0. The fraction of sp³-hybridized carbons (Fsp3) is 0.250. The Morgan fingerprint density at radius 2 is 1.35 bits per heavy atom. The molecule has 0 radical (unpaired) electrons. The van der Waals surface area contributed by atoms with Crippen molar-refractivity contribution >= 4 is 0 Å². The van der Waals surface area contributed by atoms with Crippen molar-refractivity contribution in [2.75, 3.05) is 14.2 Å². The van der Waals surface area contributed by atoms with Crippen molar-refractivity contribution in [3.8, 4) is 0 Å². The molecule has 0 N–H and O–H groups in total. The van der Waals surface area contributed by atoms with E-state index in [-0.39, 0.29) is 0 Å². The molecule has 0 unspecified atom stereocenters. The molecular formula is C24H23NO. The van der Waals surface area contributed by atoms with E-state index in [0.717, 1.165) is 0 Å². The summed E-state index contributed by atoms with van der Waals surface area (Å²) in [7, 11) is 3.83. The molecule has 0 aliphatic heterocycles. The van der Waals surface area contributed by atoms with E-state index in [0.29, 0.717) is 5.92 Å². The summed E-state index contributed by atoms with van der Waals surface area (Å²) < 4.78 is 0. The molecule has 3 aromatic rings. The van der Waals surface area contributed by atoms with Crippen molar-refractivity contribution in [1.82, 2.24) is 5.06 Å². The third-order valence-electron chi connectivity index (χ3n) is 6.39. The quantitative estimate of drug-likeness (QED) is 0.615. The maximum Gasteiger partial charge on any atom is 0.122 e. The van der Waals surface area contributed by atoms with Gasteiger partial charge in [0.15, 0.2) is 0 Å². The van der Waals surface area contributed by atoms with Gasteiger partial charge in [-0.2, -0.15) is 5.06 Å². The van der Waals surface area contributed by atoms with Crippen LogP contribution >= 0.6 is 0 Å². The second kappa shape index (κ2) is 5.29. The third kappa shape index (κ3) is 1.64. The highest BCUT2D eigenvalue weighted by Crippen LogP contribution is 2.61. The summed E-state index contributed by atoms with van der Waals surface area (Å²) in [5, 5.41) is 2.05. The van der Waals surface area contributed by atoms with Gasteiger partial charge in [-0.05, 0) is 58.4 Å². The molecule has 2 nitrogen and oxygen atoms in total. The zero-order valence-electron chi connectivity index (χ0n) is 15.7. The highest BCUT2D eigenvalue weighted by Gasteiger charge is 2.55. The summed E-state index contributed by atoms with van der Waals surface area (Å²) in [5.74, 6) is 0.296. The van der Waals surface area contributed by atoms with Crippen LogP contribution in [-0.2, 0) is 10.4 Å². The van der Waals surface area contributed by atoms with Crippen LogP contribution < -0.4 is 0 Å². The van der Waals surface area contributed by atoms with Gasteiger partial charge in [0.25, 0.3) is 0 Å². The van der Waals surface area contributed by atoms with E-state index in [2.05, 4.69) is 81.6 Å². The first-order chi connectivity index (χ1) is 12.6. The molecule has 130 valence electrons. The van der Waals surface area contributed by atoms with Crippen LogP contribution in [0.25, 0.3) is 0 Å². The Hall–Kier alpha value is -2.42. The van der Waals surface area contributed by atoms with Crippen molar-refractivity contribution in [2.24, 2.45) is 0 Å². The Bertz CT molecular complexity index is 989. The van der Waals surface area contributed by atoms with E-state index in [1.54, 1.807) is 7.11 Å². The summed E-state index contributed by atoms with van der Waals surface area (Å²) in [6.07, 6.45) is 0. The molecule has 3 aliphatic carbocycles. The van der Waals surface area contributed by atoms with E-state index in [1.807, 2.05) is 5.06 Å². The van der Waals surface area contributed by atoms with Gasteiger partial charge in [-0.15, -0.1) is 0 Å². The van der Waals surface area contributed by atoms with Gasteiger partial charge in [0.1, 0.15) is 5.54 Å². The maximum absolute atomic E-state index is 5.91. The molecule has 0 spiro atoms. The molecule has 0 fully saturated rings. The van der Waals surface area contributed by atoms with Crippen LogP contribution in [0.1, 0.15) is 50.4 Å². The van der Waals surface area contributed by atoms with Crippen molar-refractivity contribution in [2.45, 2.75) is 25.3 Å². The molecule has 0 saturated carbocycles. The van der Waals surface area contributed by atoms with Crippen LogP contribution in [0.2, 0.25) is 0 Å². The molecule has 6 rings (SSSR count). The van der Waals surface area contributed by atoms with Crippen LogP contribution in [0.15, 0.2) is 60.7 Å². The first kappa shape index (κ1) is 15.8. The monoisotopic (exact) mass is 341 g/mol. The maximum atomic E-state index is 5.91. The van der Waals surface area contributed by atoms with E-state index in [9.17, 15) is 0 Å². The van der Waals surface area contributed by atoms with Crippen molar-refractivity contribution < 1.29 is 4.84 Å². The molecule has 2 bridgehead atoms. The molecule has 3 aromatic carbocycles. The summed E-state index contributed by atoms with van der Waals surface area (Å²) in [4.78, 5) is 5.91. The first-order valence-corrected chi connectivity index (χ1v) is 9.19. The highest BCUT2D eigenvalue weighted by molar-refractivity contribution is 5.73. The molecule has 0 atom stereocenters. The predicted octanol–water partition coefficient (Wildman–Crippen LogP) is 4.90. The second-order valence-corrected chi connectivity index (χ2v) is 7.49. The lowest BCUT2D eigenvalue weighted by Crippen LogP contribution is -2.53. The smallest absolute Gasteiger partial charge is 0.122 e. The summed E-state index contributed by atoms with van der Waals surface area (Å²) in [5.41, 5.74) is 10.6. The molecule has 3 aliphatic rings. The number of benzene rings is 3. The van der Waals surface area contributed by atoms with E-state index < -0.39 is 5.54 Å². The molecule has 0 heterocycles. The molecular weight excluding hydrogens is 318 g/mol. The molecule has 0 aromatic heterocycles. The Morgan fingerprint density at radius 1 is 0.808 bits per heavy atom. The van der Waals surface area contributed by atoms with Crippen LogP contribution in [0.5, 0.6) is 0 Å². The first-order valence-electron chi connectivity index (χ1n) is 9.19. The molecule has 26 heavy (non-hydrogen) atoms. The minimum atomic E-state index is -0.415. The fourth-order valence-corrected chi connectivity index (χ4v) is 5.37. The molecule has 2 heteroatoms. The van der Waals surface area contributed by atoms with Gasteiger partial charge >= 0.3 is 0 Å². The normalized spacial score (nSPS) is 22.1. The van der Waals surface area contributed by atoms with Crippen LogP contribution in [-0.4, -0.2) is 19.2 Å². The average molecular weight is 341 g/mol. The van der Waals surface area contributed by atoms with Gasteiger partial charge in [-0.1, -0.05) is 60.7 Å². The largest absolute Gasteiger partial charge is 0.301 e. The van der Waals surface area contributed by atoms with Gasteiger partial charge in [-0.25, -0.2) is 0 Å². The van der Waals surface area contributed by atoms with Gasteiger partial charge in [0.05, 0.1) is 7.11 Å². The van der Waals surface area contributed by atoms with Crippen molar-refractivity contribution in [3.05, 3.63) is 105 Å². The Kier molecular flexibility index (Phi) is 3.22. The minimum absolute atomic E-state index is 0.296. The lowest BCUT2D eigenvalue weighted by Gasteiger charge is -2.54. The Balaban J connectivity index is 2.04. The van der Waals surface area contributed by atoms with Crippen LogP contribution in [0.3, 0.4) is 0 Å². The van der Waals surface area contributed by atoms with Crippen LogP contribution in [0.4, 0.5) is 0 Å². The number of rotatable bonds is 2. The van der Waals surface area contributed by atoms with Gasteiger partial charge < -0.3 is 4.84 Å². The standard InChI is InChI=1S/C24H23NO/c1-15-13-14-16(2)23-21(15)22-17-9-5-7-11-19(17)24(23,25(3)26-4)20-12-8-6-10-18(20)22/h5-14,22H,1-4H3. The van der Waals surface area contributed by atoms with E-state index in [1.165, 1.54) is 44.5 Å². The number of nitrogens with zero attached hydrogens (tertiary/aromatic N) is 1. The zero-order chi connectivity index (χ0) is 18.1. The summed E-state index contributed by atoms with van der Waals surface area (Å²) in [6.45, 7) is 4.47. The second-order valence-electron chi connectivity index (χ2n) is 7.49. The van der Waals surface area contributed by atoms with Crippen LogP contribution in [0, 0.1) is 13.8 Å². The van der Waals surface area contributed by atoms with E-state index >= 15 is 0 Å². The SMILES string of the molecule is CON(C)C12c3ccccc3C(c3ccccc31)c1c(C)ccc(C)c12. The lowest BCUT2D eigenvalue weighted by molar-refractivity contribution is -0.163. The fourth-order valence-electron chi connectivity index (χ4n) is 5.37. The number of hydrogen-bond acceptors (Lipinski definition) is 2. The zero-order valence-corrected chi connectivity index (χ0v) is 15.7. The highest BCUT2D eigenvalue weighted by atomic mass is 16.7. The van der Waals surface area contributed by atoms with E-state index in [4.69, 9.17) is 4.84 Å². The predicted molar refractivity (Wildman–Crippen MR) is 104 cm³/mol. The average Bonchev–Trinajstić information content (AvgIpc) is 2.69. The number of aryl methyl sites for hydroxylation is 2. The Morgan fingerprint density at radius 3 is 1.92 bits per heavy atom. The lowest BCUT2D eigenvalue weighted by atomic mass is 9.55. The minimum Gasteiger partial charge on any atom is -0.301 e. The Labute approximate surface area is 155 Å². The van der Waals surface area contributed by atoms with Crippen molar-refractivity contribution in [1.29, 1.82) is 0 Å². The van der Waals surface area contributed by atoms with Crippen molar-refractivity contribution in [3.63, 3.8) is 0 Å². The number of hydroxylamine groups is 2. The van der Waals surface area contributed by atoms with Gasteiger partial charge in [0, 0.05) is 13.0 Å². The molecule has 0 amide bonds. The third-order valence-corrected chi connectivity index (χ3v) is 6.39. The molecule has 0 saturated heterocycles. The van der Waals surface area contributed by atoms with Gasteiger partial charge in [-0.3, -0.25) is 0 Å². The summed E-state index contributed by atoms with van der Waals surface area (Å²) in [6, 6.07) is 22.3.